The lowest BCUT2D eigenvalue weighted by molar-refractivity contribution is 0.0696. The summed E-state index contributed by atoms with van der Waals surface area (Å²) in [6.45, 7) is 7.08. The molecule has 0 amide bonds. The summed E-state index contributed by atoms with van der Waals surface area (Å²) in [5.74, 6) is -0.752. The summed E-state index contributed by atoms with van der Waals surface area (Å²) in [4.78, 5) is 14.6. The molecule has 0 radical (unpaired) electrons. The molecule has 1 aromatic rings. The second-order valence-electron chi connectivity index (χ2n) is 3.37. The van der Waals surface area contributed by atoms with Gasteiger partial charge in [-0.15, -0.1) is 6.58 Å². The molecule has 1 rings (SSSR count). The summed E-state index contributed by atoms with van der Waals surface area (Å²) in [5.41, 5.74) is 7.11. The number of benzene rings is 1. The monoisotopic (exact) mass is 234 g/mol. The van der Waals surface area contributed by atoms with Crippen LogP contribution in [0.15, 0.2) is 35.8 Å². The fourth-order valence-electron chi connectivity index (χ4n) is 1.18. The van der Waals surface area contributed by atoms with Gasteiger partial charge in [0.1, 0.15) is 5.84 Å². The molecule has 0 aliphatic carbocycles. The van der Waals surface area contributed by atoms with Crippen LogP contribution in [0, 0.1) is 6.92 Å². The van der Waals surface area contributed by atoms with E-state index in [1.165, 1.54) is 7.05 Å². The zero-order valence-corrected chi connectivity index (χ0v) is 10.4. The van der Waals surface area contributed by atoms with Gasteiger partial charge >= 0.3 is 5.97 Å². The summed E-state index contributed by atoms with van der Waals surface area (Å²) in [6.07, 6.45) is 1.75. The number of rotatable bonds is 2. The van der Waals surface area contributed by atoms with Crippen molar-refractivity contribution in [1.82, 2.24) is 0 Å². The Bertz CT molecular complexity index is 437. The van der Waals surface area contributed by atoms with Crippen LogP contribution in [0.1, 0.15) is 28.4 Å². The Morgan fingerprint density at radius 2 is 2.00 bits per heavy atom. The van der Waals surface area contributed by atoms with E-state index in [4.69, 9.17) is 10.8 Å². The van der Waals surface area contributed by atoms with Crippen LogP contribution in [-0.4, -0.2) is 24.0 Å². The van der Waals surface area contributed by atoms with E-state index >= 15 is 0 Å². The largest absolute Gasteiger partial charge is 0.478 e. The number of hydrogen-bond donors (Lipinski definition) is 2. The number of carboxylic acids is 1. The molecular weight excluding hydrogens is 216 g/mol. The molecule has 1 aromatic carbocycles. The van der Waals surface area contributed by atoms with E-state index < -0.39 is 5.97 Å². The van der Waals surface area contributed by atoms with E-state index in [2.05, 4.69) is 11.6 Å². The van der Waals surface area contributed by atoms with Gasteiger partial charge in [0.2, 0.25) is 0 Å². The molecule has 0 aliphatic heterocycles. The highest BCUT2D eigenvalue weighted by molar-refractivity contribution is 6.06. The van der Waals surface area contributed by atoms with Gasteiger partial charge in [-0.1, -0.05) is 23.8 Å². The summed E-state index contributed by atoms with van der Waals surface area (Å²) >= 11 is 0. The number of aliphatic imine (C=N–C) groups is 1. The number of nitrogens with two attached hydrogens (primary N) is 1. The maximum Gasteiger partial charge on any atom is 0.336 e. The third-order valence-electron chi connectivity index (χ3n) is 1.92. The quantitative estimate of drug-likeness (QED) is 0.468. The third-order valence-corrected chi connectivity index (χ3v) is 1.92. The average molecular weight is 234 g/mol. The summed E-state index contributed by atoms with van der Waals surface area (Å²) in [7, 11) is 1.53. The molecule has 4 heteroatoms. The van der Waals surface area contributed by atoms with Crippen LogP contribution in [0.25, 0.3) is 0 Å². The predicted octanol–water partition coefficient (Wildman–Crippen LogP) is 2.22. The first-order valence-electron chi connectivity index (χ1n) is 5.11. The van der Waals surface area contributed by atoms with Gasteiger partial charge in [0.05, 0.1) is 5.56 Å². The number of carboxylic acid groups (broad SMARTS) is 1. The molecule has 17 heavy (non-hydrogen) atoms. The Kier molecular flexibility index (Phi) is 6.33. The molecule has 92 valence electrons. The van der Waals surface area contributed by atoms with Gasteiger partial charge in [0.15, 0.2) is 0 Å². The SMILES string of the molecule is C=CC.CN=C(N)c1ccc(C)cc1C(=O)O. The summed E-state index contributed by atoms with van der Waals surface area (Å²) in [5, 5.41) is 8.92. The van der Waals surface area contributed by atoms with Crippen molar-refractivity contribution in [2.24, 2.45) is 10.7 Å². The minimum Gasteiger partial charge on any atom is -0.478 e. The number of amidine groups is 1. The molecule has 0 atom stereocenters. The van der Waals surface area contributed by atoms with E-state index in [1.54, 1.807) is 24.3 Å². The van der Waals surface area contributed by atoms with Crippen LogP contribution in [-0.2, 0) is 0 Å². The van der Waals surface area contributed by atoms with Crippen molar-refractivity contribution in [2.75, 3.05) is 7.05 Å². The number of nitrogens with zero attached hydrogens (tertiary/aromatic N) is 1. The fraction of sp³-hybridized carbons (Fsp3) is 0.231. The summed E-state index contributed by atoms with van der Waals surface area (Å²) in [6, 6.07) is 5.05. The van der Waals surface area contributed by atoms with Crippen molar-refractivity contribution >= 4 is 11.8 Å². The van der Waals surface area contributed by atoms with Gasteiger partial charge in [0.25, 0.3) is 0 Å². The van der Waals surface area contributed by atoms with E-state index in [0.29, 0.717) is 5.56 Å². The molecule has 4 nitrogen and oxygen atoms in total. The number of aryl methyl sites for hydroxylation is 1. The second-order valence-corrected chi connectivity index (χ2v) is 3.37. The maximum absolute atomic E-state index is 10.9. The van der Waals surface area contributed by atoms with E-state index in [1.807, 2.05) is 13.8 Å². The lowest BCUT2D eigenvalue weighted by Crippen LogP contribution is -2.17. The highest BCUT2D eigenvalue weighted by Crippen LogP contribution is 2.11. The van der Waals surface area contributed by atoms with Gasteiger partial charge < -0.3 is 10.8 Å². The fourth-order valence-corrected chi connectivity index (χ4v) is 1.18. The van der Waals surface area contributed by atoms with Crippen molar-refractivity contribution in [3.8, 4) is 0 Å². The molecular formula is C13H18N2O2. The Hall–Kier alpha value is -2.10. The van der Waals surface area contributed by atoms with E-state index in [-0.39, 0.29) is 11.4 Å². The van der Waals surface area contributed by atoms with Crippen molar-refractivity contribution in [3.63, 3.8) is 0 Å². The standard InChI is InChI=1S/C10H12N2O2.C3H6/c1-6-3-4-7(9(11)12-2)8(5-6)10(13)14;1-3-2/h3-5H,1-2H3,(H2,11,12)(H,13,14);3H,1H2,2H3. The van der Waals surface area contributed by atoms with Gasteiger partial charge in [-0.2, -0.15) is 0 Å². The predicted molar refractivity (Wildman–Crippen MR) is 70.7 cm³/mol. The van der Waals surface area contributed by atoms with Crippen LogP contribution < -0.4 is 5.73 Å². The average Bonchev–Trinajstić information content (AvgIpc) is 2.29. The molecule has 0 unspecified atom stereocenters. The Labute approximate surface area is 101 Å². The van der Waals surface area contributed by atoms with E-state index in [0.717, 1.165) is 5.56 Å². The molecule has 0 fully saturated rings. The van der Waals surface area contributed by atoms with Crippen LogP contribution in [0.2, 0.25) is 0 Å². The van der Waals surface area contributed by atoms with Gasteiger partial charge in [0, 0.05) is 12.6 Å². The van der Waals surface area contributed by atoms with Crippen molar-refractivity contribution in [1.29, 1.82) is 0 Å². The van der Waals surface area contributed by atoms with Crippen LogP contribution in [0.4, 0.5) is 0 Å². The smallest absolute Gasteiger partial charge is 0.336 e. The lowest BCUT2D eigenvalue weighted by Gasteiger charge is -2.05. The van der Waals surface area contributed by atoms with Crippen LogP contribution >= 0.6 is 0 Å². The minimum absolute atomic E-state index is 0.188. The first-order valence-corrected chi connectivity index (χ1v) is 5.11. The molecule has 3 N–H and O–H groups in total. The van der Waals surface area contributed by atoms with Crippen molar-refractivity contribution in [2.45, 2.75) is 13.8 Å². The normalized spacial score (nSPS) is 10.2. The van der Waals surface area contributed by atoms with E-state index in [9.17, 15) is 4.79 Å². The van der Waals surface area contributed by atoms with Crippen LogP contribution in [0.3, 0.4) is 0 Å². The first-order chi connectivity index (χ1) is 7.97. The Balaban J connectivity index is 0.000000770. The van der Waals surface area contributed by atoms with Crippen LogP contribution in [0.5, 0.6) is 0 Å². The molecule has 0 spiro atoms. The lowest BCUT2D eigenvalue weighted by atomic mass is 10.0. The number of aromatic carboxylic acids is 1. The van der Waals surface area contributed by atoms with Gasteiger partial charge in [-0.25, -0.2) is 4.79 Å². The topological polar surface area (TPSA) is 75.7 Å². The molecule has 0 aliphatic rings. The Morgan fingerprint density at radius 1 is 1.47 bits per heavy atom. The number of hydrogen-bond acceptors (Lipinski definition) is 2. The molecule has 0 saturated heterocycles. The molecule has 0 heterocycles. The molecule has 0 saturated carbocycles. The van der Waals surface area contributed by atoms with Crippen molar-refractivity contribution < 1.29 is 9.90 Å². The Morgan fingerprint density at radius 3 is 2.41 bits per heavy atom. The van der Waals surface area contributed by atoms with Gasteiger partial charge in [-0.3, -0.25) is 4.99 Å². The first kappa shape index (κ1) is 14.9. The second kappa shape index (κ2) is 7.22. The summed E-state index contributed by atoms with van der Waals surface area (Å²) < 4.78 is 0. The third kappa shape index (κ3) is 4.51. The zero-order valence-electron chi connectivity index (χ0n) is 10.4. The highest BCUT2D eigenvalue weighted by Gasteiger charge is 2.12. The van der Waals surface area contributed by atoms with Gasteiger partial charge in [-0.05, 0) is 19.9 Å². The number of carbonyl (C=O) groups is 1. The molecule has 0 aromatic heterocycles. The van der Waals surface area contributed by atoms with Crippen molar-refractivity contribution in [3.05, 3.63) is 47.5 Å². The highest BCUT2D eigenvalue weighted by atomic mass is 16.4. The zero-order chi connectivity index (χ0) is 13.4. The maximum atomic E-state index is 10.9. The number of allylic oxidation sites excluding steroid dienone is 1. The minimum atomic E-state index is -0.990. The molecule has 0 bridgehead atoms.